The van der Waals surface area contributed by atoms with E-state index in [9.17, 15) is 0 Å². The summed E-state index contributed by atoms with van der Waals surface area (Å²) in [6.45, 7) is 3.91. The Balaban J connectivity index is 1.26. The molecule has 1 unspecified atom stereocenters. The quantitative estimate of drug-likeness (QED) is 0.174. The maximum atomic E-state index is 4.45. The smallest absolute Gasteiger partial charge is 0.143 e. The van der Waals surface area contributed by atoms with Gasteiger partial charge >= 0.3 is 0 Å². The van der Waals surface area contributed by atoms with Crippen molar-refractivity contribution in [3.05, 3.63) is 168 Å². The first-order valence-corrected chi connectivity index (χ1v) is 16.1. The number of rotatable bonds is 8. The number of fused-ring (bicyclic) bond motifs is 7. The Morgan fingerprint density at radius 1 is 0.733 bits per heavy atom. The molecule has 0 amide bonds. The van der Waals surface area contributed by atoms with Crippen LogP contribution in [0.3, 0.4) is 0 Å². The maximum Gasteiger partial charge on any atom is 0.143 e. The van der Waals surface area contributed by atoms with Gasteiger partial charge in [0.15, 0.2) is 0 Å². The molecule has 0 bridgehead atoms. The second-order valence-electron chi connectivity index (χ2n) is 11.3. The molecule has 1 N–H and O–H groups in total. The fourth-order valence-electron chi connectivity index (χ4n) is 6.40. The van der Waals surface area contributed by atoms with Crippen LogP contribution in [-0.2, 0) is 6.42 Å². The molecule has 216 valence electrons. The molecule has 0 radical (unpaired) electrons. The Morgan fingerprint density at radius 3 is 2.20 bits per heavy atom. The standard InChI is InChI=1S/C41H31N3S/c1-42-41(31-15-6-3-7-16-31)43-35(26-20-28-12-4-2-5-13-28)30-21-24-32(25-22-30)44-36-19-11-10-18-34(36)40-39(44)38-33-17-9-8-14-29(33)23-27-37(38)45-40/h2-19,21-27,41,43H,1,20H2/b35-26-. The SMILES string of the molecule is C=NC(N/C(=C\Cc1ccccc1)c1ccc(-n2c3ccccc3c3sc4ccc5ccccc5c4c32)cc1)c1ccccc1. The number of nitrogens with one attached hydrogen (secondary N) is 1. The minimum Gasteiger partial charge on any atom is -0.360 e. The Labute approximate surface area is 266 Å². The molecule has 2 heterocycles. The van der Waals surface area contributed by atoms with Crippen LogP contribution in [0.4, 0.5) is 0 Å². The molecule has 0 fully saturated rings. The van der Waals surface area contributed by atoms with Crippen molar-refractivity contribution in [3.8, 4) is 5.69 Å². The van der Waals surface area contributed by atoms with Gasteiger partial charge in [-0.1, -0.05) is 127 Å². The predicted molar refractivity (Wildman–Crippen MR) is 194 cm³/mol. The lowest BCUT2D eigenvalue weighted by atomic mass is 10.1. The average Bonchev–Trinajstić information content (AvgIpc) is 3.64. The van der Waals surface area contributed by atoms with Crippen molar-refractivity contribution in [2.24, 2.45) is 4.99 Å². The highest BCUT2D eigenvalue weighted by Gasteiger charge is 2.19. The molecule has 3 nitrogen and oxygen atoms in total. The van der Waals surface area contributed by atoms with E-state index in [4.69, 9.17) is 0 Å². The van der Waals surface area contributed by atoms with Gasteiger partial charge < -0.3 is 9.88 Å². The lowest BCUT2D eigenvalue weighted by Gasteiger charge is -2.20. The van der Waals surface area contributed by atoms with Crippen LogP contribution in [0.1, 0.15) is 22.9 Å². The van der Waals surface area contributed by atoms with Crippen LogP contribution in [0.25, 0.3) is 53.4 Å². The summed E-state index contributed by atoms with van der Waals surface area (Å²) in [5.74, 6) is 0. The summed E-state index contributed by atoms with van der Waals surface area (Å²) in [6, 6.07) is 51.7. The fraction of sp³-hybridized carbons (Fsp3) is 0.0488. The molecule has 0 aliphatic heterocycles. The van der Waals surface area contributed by atoms with E-state index in [1.807, 2.05) is 29.5 Å². The fourth-order valence-corrected chi connectivity index (χ4v) is 7.64. The van der Waals surface area contributed by atoms with Crippen LogP contribution in [-0.4, -0.2) is 11.3 Å². The van der Waals surface area contributed by atoms with E-state index in [1.54, 1.807) is 0 Å². The first-order valence-electron chi connectivity index (χ1n) is 15.2. The number of hydrogen-bond acceptors (Lipinski definition) is 3. The van der Waals surface area contributed by atoms with Gasteiger partial charge in [0, 0.05) is 26.9 Å². The lowest BCUT2D eigenvalue weighted by Crippen LogP contribution is -2.18. The minimum atomic E-state index is -0.258. The highest BCUT2D eigenvalue weighted by molar-refractivity contribution is 7.27. The molecule has 0 spiro atoms. The molecule has 0 saturated carbocycles. The molecule has 0 saturated heterocycles. The van der Waals surface area contributed by atoms with Crippen molar-refractivity contribution >= 4 is 65.7 Å². The van der Waals surface area contributed by atoms with E-state index in [1.165, 1.54) is 47.5 Å². The van der Waals surface area contributed by atoms with Gasteiger partial charge in [-0.2, -0.15) is 0 Å². The lowest BCUT2D eigenvalue weighted by molar-refractivity contribution is 0.673. The number of allylic oxidation sites excluding steroid dienone is 1. The third-order valence-corrected chi connectivity index (χ3v) is 9.76. The molecule has 1 atom stereocenters. The normalized spacial score (nSPS) is 12.7. The van der Waals surface area contributed by atoms with E-state index < -0.39 is 0 Å². The third kappa shape index (κ3) is 4.90. The second kappa shape index (κ2) is 11.6. The van der Waals surface area contributed by atoms with Gasteiger partial charge in [-0.05, 0) is 64.9 Å². The van der Waals surface area contributed by atoms with Crippen molar-refractivity contribution in [2.45, 2.75) is 12.6 Å². The Hall–Kier alpha value is -5.45. The molecule has 6 aromatic carbocycles. The third-order valence-electron chi connectivity index (χ3n) is 8.58. The van der Waals surface area contributed by atoms with Gasteiger partial charge in [-0.3, -0.25) is 4.99 Å². The summed E-state index contributed by atoms with van der Waals surface area (Å²) in [6.07, 6.45) is 2.81. The summed E-state index contributed by atoms with van der Waals surface area (Å²) in [7, 11) is 0. The summed E-state index contributed by atoms with van der Waals surface area (Å²) < 4.78 is 5.08. The van der Waals surface area contributed by atoms with E-state index >= 15 is 0 Å². The average molecular weight is 598 g/mol. The number of para-hydroxylation sites is 1. The van der Waals surface area contributed by atoms with Crippen molar-refractivity contribution < 1.29 is 0 Å². The Morgan fingerprint density at radius 2 is 1.42 bits per heavy atom. The Kier molecular flexibility index (Phi) is 6.97. The Bertz CT molecular complexity index is 2330. The molecule has 0 aliphatic rings. The van der Waals surface area contributed by atoms with Gasteiger partial charge in [-0.25, -0.2) is 0 Å². The molecule has 45 heavy (non-hydrogen) atoms. The van der Waals surface area contributed by atoms with Crippen molar-refractivity contribution in [3.63, 3.8) is 0 Å². The van der Waals surface area contributed by atoms with E-state index in [0.29, 0.717) is 0 Å². The first kappa shape index (κ1) is 27.1. The second-order valence-corrected chi connectivity index (χ2v) is 12.3. The van der Waals surface area contributed by atoms with Gasteiger partial charge in [-0.15, -0.1) is 11.3 Å². The summed E-state index contributed by atoms with van der Waals surface area (Å²) in [4.78, 5) is 4.45. The molecule has 8 aromatic rings. The van der Waals surface area contributed by atoms with E-state index in [0.717, 1.165) is 28.9 Å². The largest absolute Gasteiger partial charge is 0.360 e. The number of thiophene rings is 1. The van der Waals surface area contributed by atoms with Gasteiger partial charge in [0.2, 0.25) is 0 Å². The maximum absolute atomic E-state index is 4.45. The monoisotopic (exact) mass is 597 g/mol. The highest BCUT2D eigenvalue weighted by Crippen LogP contribution is 2.44. The number of nitrogens with zero attached hydrogens (tertiary/aromatic N) is 2. The number of aliphatic imine (C=N–C) groups is 1. The highest BCUT2D eigenvalue weighted by atomic mass is 32.1. The van der Waals surface area contributed by atoms with Gasteiger partial charge in [0.1, 0.15) is 6.17 Å². The van der Waals surface area contributed by atoms with Crippen molar-refractivity contribution in [1.82, 2.24) is 9.88 Å². The zero-order valence-electron chi connectivity index (χ0n) is 24.7. The van der Waals surface area contributed by atoms with Crippen molar-refractivity contribution in [2.75, 3.05) is 0 Å². The van der Waals surface area contributed by atoms with Crippen LogP contribution < -0.4 is 5.32 Å². The minimum absolute atomic E-state index is 0.258. The van der Waals surface area contributed by atoms with Crippen molar-refractivity contribution in [1.29, 1.82) is 0 Å². The molecule has 4 heteroatoms. The number of aromatic nitrogens is 1. The first-order chi connectivity index (χ1) is 22.3. The molecular formula is C41H31N3S. The predicted octanol–water partition coefficient (Wildman–Crippen LogP) is 10.7. The van der Waals surface area contributed by atoms with Crippen LogP contribution in [0, 0.1) is 0 Å². The van der Waals surface area contributed by atoms with Crippen LogP contribution in [0.2, 0.25) is 0 Å². The summed E-state index contributed by atoms with van der Waals surface area (Å²) in [5, 5.41) is 8.85. The van der Waals surface area contributed by atoms with Crippen LogP contribution in [0.15, 0.2) is 157 Å². The van der Waals surface area contributed by atoms with Crippen LogP contribution >= 0.6 is 11.3 Å². The molecule has 8 rings (SSSR count). The molecular weight excluding hydrogens is 567 g/mol. The number of benzene rings is 6. The van der Waals surface area contributed by atoms with Crippen LogP contribution in [0.5, 0.6) is 0 Å². The zero-order valence-corrected chi connectivity index (χ0v) is 25.5. The molecule has 2 aromatic heterocycles. The topological polar surface area (TPSA) is 29.3 Å². The van der Waals surface area contributed by atoms with Gasteiger partial charge in [0.05, 0.1) is 15.7 Å². The summed E-state index contributed by atoms with van der Waals surface area (Å²) in [5.41, 5.74) is 8.11. The summed E-state index contributed by atoms with van der Waals surface area (Å²) >= 11 is 1.88. The van der Waals surface area contributed by atoms with E-state index in [2.05, 4.69) is 155 Å². The van der Waals surface area contributed by atoms with Gasteiger partial charge in [0.25, 0.3) is 0 Å². The molecule has 0 aliphatic carbocycles. The zero-order chi connectivity index (χ0) is 30.2. The number of hydrogen-bond donors (Lipinski definition) is 1. The van der Waals surface area contributed by atoms with E-state index in [-0.39, 0.29) is 6.17 Å².